The minimum absolute atomic E-state index is 0.303. The largest absolute Gasteiger partial charge is 0.292 e. The van der Waals surface area contributed by atoms with Crippen molar-refractivity contribution in [1.29, 1.82) is 0 Å². The van der Waals surface area contributed by atoms with Crippen molar-refractivity contribution < 1.29 is 0 Å². The van der Waals surface area contributed by atoms with Crippen LogP contribution in [0.5, 0.6) is 0 Å². The average Bonchev–Trinajstić information content (AvgIpc) is 2.84. The first-order chi connectivity index (χ1) is 10.4. The van der Waals surface area contributed by atoms with E-state index in [0.717, 1.165) is 27.0 Å². The van der Waals surface area contributed by atoms with E-state index in [1.807, 2.05) is 30.1 Å². The molecule has 3 rings (SSSR count). The minimum Gasteiger partial charge on any atom is -0.292 e. The van der Waals surface area contributed by atoms with Gasteiger partial charge in [0.1, 0.15) is 10.3 Å². The number of nitrogens with zero attached hydrogens (tertiary/aromatic N) is 3. The first-order valence-electron chi connectivity index (χ1n) is 8.01. The Morgan fingerprint density at radius 2 is 1.95 bits per heavy atom. The van der Waals surface area contributed by atoms with Crippen LogP contribution in [0.3, 0.4) is 0 Å². The second-order valence-electron chi connectivity index (χ2n) is 7.29. The number of hydrogen-bond donors (Lipinski definition) is 0. The van der Waals surface area contributed by atoms with Crippen LogP contribution in [0.25, 0.3) is 10.3 Å². The number of hydrogen-bond acceptors (Lipinski definition) is 5. The monoisotopic (exact) mass is 335 g/mol. The van der Waals surface area contributed by atoms with Gasteiger partial charge in [-0.05, 0) is 59.1 Å². The van der Waals surface area contributed by atoms with E-state index in [1.165, 1.54) is 19.3 Å². The molecule has 0 atom stereocenters. The molecule has 3 heterocycles. The van der Waals surface area contributed by atoms with Crippen LogP contribution >= 0.6 is 23.1 Å². The van der Waals surface area contributed by atoms with Gasteiger partial charge in [0.15, 0.2) is 4.34 Å². The first kappa shape index (κ1) is 16.2. The summed E-state index contributed by atoms with van der Waals surface area (Å²) < 4.78 is 1.14. The molecule has 0 spiro atoms. The summed E-state index contributed by atoms with van der Waals surface area (Å²) in [4.78, 5) is 12.8. The van der Waals surface area contributed by atoms with Crippen LogP contribution in [0.4, 0.5) is 0 Å². The third kappa shape index (κ3) is 3.31. The zero-order valence-corrected chi connectivity index (χ0v) is 15.6. The van der Waals surface area contributed by atoms with Crippen molar-refractivity contribution in [3.05, 3.63) is 18.3 Å². The summed E-state index contributed by atoms with van der Waals surface area (Å²) in [6.45, 7) is 10.7. The maximum absolute atomic E-state index is 4.67. The number of likely N-dealkylation sites (tertiary alicyclic amines) is 1. The van der Waals surface area contributed by atoms with E-state index >= 15 is 0 Å². The molecule has 0 saturated carbocycles. The van der Waals surface area contributed by atoms with Crippen molar-refractivity contribution >= 4 is 33.4 Å². The lowest BCUT2D eigenvalue weighted by atomic mass is 9.80. The smallest absolute Gasteiger partial charge is 0.152 e. The maximum atomic E-state index is 4.67. The summed E-state index contributed by atoms with van der Waals surface area (Å²) in [6.07, 6.45) is 5.78. The van der Waals surface area contributed by atoms with Crippen LogP contribution in [-0.2, 0) is 0 Å². The number of aromatic nitrogens is 2. The number of rotatable bonds is 4. The number of thiazole rings is 1. The van der Waals surface area contributed by atoms with Gasteiger partial charge >= 0.3 is 0 Å². The van der Waals surface area contributed by atoms with Gasteiger partial charge in [0, 0.05) is 29.6 Å². The summed E-state index contributed by atoms with van der Waals surface area (Å²) >= 11 is 3.57. The van der Waals surface area contributed by atoms with Gasteiger partial charge < -0.3 is 0 Å². The molecule has 0 bridgehead atoms. The van der Waals surface area contributed by atoms with Crippen molar-refractivity contribution in [3.8, 4) is 0 Å². The third-order valence-electron chi connectivity index (χ3n) is 4.73. The van der Waals surface area contributed by atoms with Gasteiger partial charge in [0.2, 0.25) is 0 Å². The zero-order valence-electron chi connectivity index (χ0n) is 13.9. The molecule has 0 N–H and O–H groups in total. The van der Waals surface area contributed by atoms with Gasteiger partial charge in [-0.25, -0.2) is 9.97 Å². The van der Waals surface area contributed by atoms with Crippen molar-refractivity contribution in [3.63, 3.8) is 0 Å². The van der Waals surface area contributed by atoms with Crippen molar-refractivity contribution in [2.45, 2.75) is 62.4 Å². The van der Waals surface area contributed by atoms with Crippen molar-refractivity contribution in [2.75, 3.05) is 12.3 Å². The highest BCUT2D eigenvalue weighted by Gasteiger charge is 2.40. The Kier molecular flexibility index (Phi) is 4.49. The molecule has 120 valence electrons. The topological polar surface area (TPSA) is 29.0 Å². The van der Waals surface area contributed by atoms with E-state index in [-0.39, 0.29) is 0 Å². The van der Waals surface area contributed by atoms with Gasteiger partial charge in [-0.3, -0.25) is 4.90 Å². The Balaban J connectivity index is 1.64. The predicted molar refractivity (Wildman–Crippen MR) is 96.9 cm³/mol. The van der Waals surface area contributed by atoms with Crippen LogP contribution in [0.2, 0.25) is 0 Å². The van der Waals surface area contributed by atoms with Crippen LogP contribution in [0.1, 0.15) is 47.0 Å². The fourth-order valence-corrected chi connectivity index (χ4v) is 5.66. The van der Waals surface area contributed by atoms with E-state index < -0.39 is 0 Å². The summed E-state index contributed by atoms with van der Waals surface area (Å²) in [5.74, 6) is 1.09. The molecule has 2 aromatic heterocycles. The number of thioether (sulfide) groups is 1. The molecule has 0 aromatic carbocycles. The molecule has 0 aliphatic carbocycles. The van der Waals surface area contributed by atoms with Crippen LogP contribution < -0.4 is 0 Å². The van der Waals surface area contributed by atoms with Gasteiger partial charge in [0.25, 0.3) is 0 Å². The molecular formula is C17H25N3S2. The Labute approximate surface area is 141 Å². The van der Waals surface area contributed by atoms with E-state index in [4.69, 9.17) is 0 Å². The zero-order chi connectivity index (χ0) is 15.8. The number of piperidine rings is 1. The summed E-state index contributed by atoms with van der Waals surface area (Å²) in [5, 5.41) is 0. The van der Waals surface area contributed by atoms with E-state index in [2.05, 4.69) is 42.6 Å². The second kappa shape index (κ2) is 6.10. The molecule has 1 aliphatic rings. The van der Waals surface area contributed by atoms with Crippen molar-refractivity contribution in [2.24, 2.45) is 0 Å². The van der Waals surface area contributed by atoms with Gasteiger partial charge in [0.05, 0.1) is 0 Å². The SMILES string of the molecule is CC1(C)CCCC(C)(C)N1CCSc1nc2cccnc2s1. The molecule has 22 heavy (non-hydrogen) atoms. The molecule has 1 aliphatic heterocycles. The first-order valence-corrected chi connectivity index (χ1v) is 9.81. The highest BCUT2D eigenvalue weighted by atomic mass is 32.2. The predicted octanol–water partition coefficient (Wildman–Crippen LogP) is 4.83. The molecule has 3 nitrogen and oxygen atoms in total. The Bertz CT molecular complexity index is 599. The normalized spacial score (nSPS) is 21.3. The molecule has 0 unspecified atom stereocenters. The fraction of sp³-hybridized carbons (Fsp3) is 0.647. The highest BCUT2D eigenvalue weighted by Crippen LogP contribution is 2.38. The standard InChI is InChI=1S/C17H25N3S2/c1-16(2)8-6-9-17(3,4)20(16)11-12-21-15-19-13-7-5-10-18-14(13)22-15/h5,7,10H,6,8-9,11-12H2,1-4H3. The van der Waals surface area contributed by atoms with Crippen LogP contribution in [-0.4, -0.2) is 38.2 Å². The average molecular weight is 336 g/mol. The molecule has 5 heteroatoms. The highest BCUT2D eigenvalue weighted by molar-refractivity contribution is 8.01. The van der Waals surface area contributed by atoms with E-state index in [1.54, 1.807) is 11.3 Å². The maximum Gasteiger partial charge on any atom is 0.152 e. The minimum atomic E-state index is 0.303. The molecule has 1 fully saturated rings. The van der Waals surface area contributed by atoms with Crippen molar-refractivity contribution in [1.82, 2.24) is 14.9 Å². The Morgan fingerprint density at radius 1 is 1.23 bits per heavy atom. The molecule has 0 radical (unpaired) electrons. The Morgan fingerprint density at radius 3 is 2.64 bits per heavy atom. The second-order valence-corrected chi connectivity index (χ2v) is 9.61. The summed E-state index contributed by atoms with van der Waals surface area (Å²) in [6, 6.07) is 4.00. The van der Waals surface area contributed by atoms with E-state index in [0.29, 0.717) is 11.1 Å². The fourth-order valence-electron chi connectivity index (χ4n) is 3.68. The number of pyridine rings is 1. The van der Waals surface area contributed by atoms with Crippen LogP contribution in [0, 0.1) is 0 Å². The van der Waals surface area contributed by atoms with Gasteiger partial charge in [-0.1, -0.05) is 23.1 Å². The molecule has 1 saturated heterocycles. The summed E-state index contributed by atoms with van der Waals surface area (Å²) in [7, 11) is 0. The summed E-state index contributed by atoms with van der Waals surface area (Å²) in [5.41, 5.74) is 1.63. The quantitative estimate of drug-likeness (QED) is 0.749. The lowest BCUT2D eigenvalue weighted by molar-refractivity contribution is -0.0209. The van der Waals surface area contributed by atoms with Gasteiger partial charge in [-0.15, -0.1) is 0 Å². The lowest BCUT2D eigenvalue weighted by Crippen LogP contribution is -2.59. The lowest BCUT2D eigenvalue weighted by Gasteiger charge is -2.53. The Hall–Kier alpha value is -0.650. The molecule has 0 amide bonds. The van der Waals surface area contributed by atoms with Gasteiger partial charge in [-0.2, -0.15) is 0 Å². The van der Waals surface area contributed by atoms with E-state index in [9.17, 15) is 0 Å². The molecular weight excluding hydrogens is 310 g/mol. The van der Waals surface area contributed by atoms with Crippen LogP contribution in [0.15, 0.2) is 22.7 Å². The molecule has 2 aromatic rings. The number of fused-ring (bicyclic) bond motifs is 1. The third-order valence-corrected chi connectivity index (χ3v) is 6.83.